The molecule has 0 aromatic heterocycles. The van der Waals surface area contributed by atoms with E-state index in [0.717, 1.165) is 19.1 Å². The van der Waals surface area contributed by atoms with Gasteiger partial charge in [-0.2, -0.15) is 0 Å². The molecule has 1 aliphatic carbocycles. The predicted octanol–water partition coefficient (Wildman–Crippen LogP) is 2.38. The fraction of sp³-hybridized carbons (Fsp3) is 0.800. The van der Waals surface area contributed by atoms with Crippen LogP contribution in [0.4, 0.5) is 0 Å². The molecular weight excluding hydrogens is 136 g/mol. The highest BCUT2D eigenvalue weighted by Gasteiger charge is 2.44. The van der Waals surface area contributed by atoms with Gasteiger partial charge < -0.3 is 4.74 Å². The van der Waals surface area contributed by atoms with Gasteiger partial charge in [0.1, 0.15) is 0 Å². The Morgan fingerprint density at radius 3 is 2.73 bits per heavy atom. The summed E-state index contributed by atoms with van der Waals surface area (Å²) in [5.74, 6) is 0.890. The van der Waals surface area contributed by atoms with Crippen molar-refractivity contribution >= 4 is 0 Å². The molecule has 2 aliphatic rings. The molecule has 0 bridgehead atoms. The number of hydrogen-bond acceptors (Lipinski definition) is 1. The molecule has 0 aromatic carbocycles. The molecule has 2 rings (SSSR count). The van der Waals surface area contributed by atoms with E-state index in [2.05, 4.69) is 19.1 Å². The highest BCUT2D eigenvalue weighted by Crippen LogP contribution is 2.45. The van der Waals surface area contributed by atoms with Crippen molar-refractivity contribution in [3.63, 3.8) is 0 Å². The number of rotatable bonds is 1. The minimum absolute atomic E-state index is 0.559. The Kier molecular flexibility index (Phi) is 1.76. The summed E-state index contributed by atoms with van der Waals surface area (Å²) in [6.07, 6.45) is 8.51. The van der Waals surface area contributed by atoms with Crippen molar-refractivity contribution in [2.24, 2.45) is 11.3 Å². The molecule has 0 amide bonds. The fourth-order valence-corrected chi connectivity index (χ4v) is 2.31. The van der Waals surface area contributed by atoms with Crippen LogP contribution in [0.3, 0.4) is 0 Å². The number of ether oxygens (including phenoxy) is 1. The highest BCUT2D eigenvalue weighted by atomic mass is 16.5. The van der Waals surface area contributed by atoms with Crippen molar-refractivity contribution in [1.29, 1.82) is 0 Å². The zero-order valence-electron chi connectivity index (χ0n) is 7.18. The Balaban J connectivity index is 2.10. The number of hydrogen-bond donors (Lipinski definition) is 0. The Morgan fingerprint density at radius 1 is 1.45 bits per heavy atom. The first-order valence-electron chi connectivity index (χ1n) is 4.60. The minimum atomic E-state index is 0.559. The summed E-state index contributed by atoms with van der Waals surface area (Å²) in [5, 5.41) is 0. The largest absolute Gasteiger partial charge is 0.380 e. The molecule has 0 saturated carbocycles. The molecule has 1 atom stereocenters. The lowest BCUT2D eigenvalue weighted by Gasteiger charge is -2.48. The number of allylic oxidation sites excluding steroid dienone is 2. The third kappa shape index (κ3) is 1.02. The van der Waals surface area contributed by atoms with Crippen molar-refractivity contribution in [2.75, 3.05) is 13.2 Å². The quantitative estimate of drug-likeness (QED) is 0.524. The van der Waals surface area contributed by atoms with Crippen LogP contribution in [0.2, 0.25) is 0 Å². The van der Waals surface area contributed by atoms with E-state index < -0.39 is 0 Å². The van der Waals surface area contributed by atoms with Crippen LogP contribution < -0.4 is 0 Å². The van der Waals surface area contributed by atoms with Crippen LogP contribution in [-0.2, 0) is 4.74 Å². The van der Waals surface area contributed by atoms with E-state index >= 15 is 0 Å². The molecule has 1 nitrogen and oxygen atoms in total. The molecule has 1 spiro atoms. The van der Waals surface area contributed by atoms with E-state index in [0.29, 0.717) is 5.41 Å². The SMILES string of the molecule is CCC1CC=CCC12COC2. The second kappa shape index (κ2) is 2.63. The molecule has 1 aliphatic heterocycles. The standard InChI is InChI=1S/C10H16O/c1-2-9-5-3-4-6-10(9)7-11-8-10/h3-4,9H,2,5-8H2,1H3. The molecule has 0 N–H and O–H groups in total. The summed E-state index contributed by atoms with van der Waals surface area (Å²) in [6.45, 7) is 4.32. The lowest BCUT2D eigenvalue weighted by Crippen LogP contribution is -2.48. The molecule has 1 heteroatoms. The van der Waals surface area contributed by atoms with Crippen molar-refractivity contribution in [1.82, 2.24) is 0 Å². The monoisotopic (exact) mass is 152 g/mol. The third-order valence-electron chi connectivity index (χ3n) is 3.25. The first-order valence-corrected chi connectivity index (χ1v) is 4.60. The maximum absolute atomic E-state index is 5.31. The van der Waals surface area contributed by atoms with Crippen LogP contribution in [0.5, 0.6) is 0 Å². The van der Waals surface area contributed by atoms with Gasteiger partial charge in [0, 0.05) is 5.41 Å². The fourth-order valence-electron chi connectivity index (χ4n) is 2.31. The maximum Gasteiger partial charge on any atom is 0.0550 e. The molecule has 0 aromatic rings. The Morgan fingerprint density at radius 2 is 2.27 bits per heavy atom. The molecule has 0 radical (unpaired) electrons. The lowest BCUT2D eigenvalue weighted by atomic mass is 9.66. The van der Waals surface area contributed by atoms with Gasteiger partial charge in [0.2, 0.25) is 0 Å². The summed E-state index contributed by atoms with van der Waals surface area (Å²) < 4.78 is 5.31. The first kappa shape index (κ1) is 7.35. The van der Waals surface area contributed by atoms with Gasteiger partial charge in [0.05, 0.1) is 13.2 Å². The van der Waals surface area contributed by atoms with Crippen LogP contribution in [0.1, 0.15) is 26.2 Å². The van der Waals surface area contributed by atoms with Gasteiger partial charge in [0.25, 0.3) is 0 Å². The molecule has 62 valence electrons. The average molecular weight is 152 g/mol. The van der Waals surface area contributed by atoms with E-state index in [1.165, 1.54) is 19.3 Å². The van der Waals surface area contributed by atoms with Gasteiger partial charge in [-0.3, -0.25) is 0 Å². The minimum Gasteiger partial charge on any atom is -0.380 e. The van der Waals surface area contributed by atoms with E-state index in [-0.39, 0.29) is 0 Å². The van der Waals surface area contributed by atoms with Gasteiger partial charge in [0.15, 0.2) is 0 Å². The summed E-state index contributed by atoms with van der Waals surface area (Å²) in [7, 11) is 0. The Labute approximate surface area is 68.4 Å². The van der Waals surface area contributed by atoms with Crippen LogP contribution in [0.15, 0.2) is 12.2 Å². The topological polar surface area (TPSA) is 9.23 Å². The smallest absolute Gasteiger partial charge is 0.0550 e. The van der Waals surface area contributed by atoms with Crippen molar-refractivity contribution in [3.05, 3.63) is 12.2 Å². The van der Waals surface area contributed by atoms with Crippen LogP contribution in [0.25, 0.3) is 0 Å². The highest BCUT2D eigenvalue weighted by molar-refractivity contribution is 5.04. The van der Waals surface area contributed by atoms with Gasteiger partial charge >= 0.3 is 0 Å². The lowest BCUT2D eigenvalue weighted by molar-refractivity contribution is -0.147. The second-order valence-electron chi connectivity index (χ2n) is 3.87. The Bertz CT molecular complexity index is 168. The van der Waals surface area contributed by atoms with Crippen LogP contribution in [-0.4, -0.2) is 13.2 Å². The molecule has 1 saturated heterocycles. The van der Waals surface area contributed by atoms with E-state index in [1.54, 1.807) is 0 Å². The summed E-state index contributed by atoms with van der Waals surface area (Å²) in [4.78, 5) is 0. The third-order valence-corrected chi connectivity index (χ3v) is 3.25. The van der Waals surface area contributed by atoms with E-state index in [4.69, 9.17) is 4.74 Å². The van der Waals surface area contributed by atoms with Gasteiger partial charge in [-0.25, -0.2) is 0 Å². The summed E-state index contributed by atoms with van der Waals surface area (Å²) in [5.41, 5.74) is 0.559. The van der Waals surface area contributed by atoms with Crippen molar-refractivity contribution in [3.8, 4) is 0 Å². The molecule has 11 heavy (non-hydrogen) atoms. The van der Waals surface area contributed by atoms with Crippen LogP contribution >= 0.6 is 0 Å². The Hall–Kier alpha value is -0.300. The van der Waals surface area contributed by atoms with Gasteiger partial charge in [-0.05, 0) is 18.8 Å². The van der Waals surface area contributed by atoms with Gasteiger partial charge in [-0.1, -0.05) is 25.5 Å². The summed E-state index contributed by atoms with van der Waals surface area (Å²) in [6, 6.07) is 0. The van der Waals surface area contributed by atoms with E-state index in [9.17, 15) is 0 Å². The molecule has 1 heterocycles. The van der Waals surface area contributed by atoms with E-state index in [1.807, 2.05) is 0 Å². The van der Waals surface area contributed by atoms with Gasteiger partial charge in [-0.15, -0.1) is 0 Å². The predicted molar refractivity (Wildman–Crippen MR) is 45.4 cm³/mol. The summed E-state index contributed by atoms with van der Waals surface area (Å²) >= 11 is 0. The second-order valence-corrected chi connectivity index (χ2v) is 3.87. The van der Waals surface area contributed by atoms with Crippen LogP contribution in [0, 0.1) is 11.3 Å². The maximum atomic E-state index is 5.31. The zero-order chi connectivity index (χ0) is 7.73. The molecular formula is C10H16O. The molecule has 1 fully saturated rings. The van der Waals surface area contributed by atoms with Crippen molar-refractivity contribution in [2.45, 2.75) is 26.2 Å². The average Bonchev–Trinajstić information content (AvgIpc) is 2.01. The van der Waals surface area contributed by atoms with Crippen molar-refractivity contribution < 1.29 is 4.74 Å². The molecule has 1 unspecified atom stereocenters. The zero-order valence-corrected chi connectivity index (χ0v) is 7.18. The first-order chi connectivity index (χ1) is 5.37. The normalized spacial score (nSPS) is 33.7.